The molecular weight excluding hydrogens is 456 g/mol. The molecule has 0 heterocycles. The summed E-state index contributed by atoms with van der Waals surface area (Å²) >= 11 is 0. The molecule has 6 aromatic rings. The minimum Gasteiger partial charge on any atom is -0.0616 e. The van der Waals surface area contributed by atoms with Crippen LogP contribution in [0.4, 0.5) is 0 Å². The van der Waals surface area contributed by atoms with Crippen LogP contribution in [0.15, 0.2) is 109 Å². The van der Waals surface area contributed by atoms with Gasteiger partial charge in [-0.05, 0) is 82.6 Å². The molecule has 0 fully saturated rings. The fourth-order valence-corrected chi connectivity index (χ4v) is 5.83. The Morgan fingerprint density at radius 3 is 1.58 bits per heavy atom. The van der Waals surface area contributed by atoms with E-state index in [9.17, 15) is 0 Å². The molecule has 38 heavy (non-hydrogen) atoms. The normalized spacial score (nSPS) is 12.5. The summed E-state index contributed by atoms with van der Waals surface area (Å²) in [4.78, 5) is 0. The Morgan fingerprint density at radius 2 is 0.921 bits per heavy atom. The summed E-state index contributed by atoms with van der Waals surface area (Å²) < 4.78 is 0. The van der Waals surface area contributed by atoms with Crippen molar-refractivity contribution in [2.24, 2.45) is 0 Å². The number of hydrogen-bond donors (Lipinski definition) is 0. The van der Waals surface area contributed by atoms with Gasteiger partial charge in [-0.1, -0.05) is 145 Å². The topological polar surface area (TPSA) is 0 Å². The Hall–Kier alpha value is -3.90. The highest BCUT2D eigenvalue weighted by atomic mass is 14.2. The summed E-state index contributed by atoms with van der Waals surface area (Å²) in [6.45, 7) is 13.8. The zero-order chi connectivity index (χ0) is 26.7. The molecule has 6 rings (SSSR count). The van der Waals surface area contributed by atoms with Crippen molar-refractivity contribution in [3.05, 3.63) is 120 Å². The second-order valence-electron chi connectivity index (χ2n) is 12.7. The molecule has 0 aromatic heterocycles. The third kappa shape index (κ3) is 4.09. The first kappa shape index (κ1) is 24.4. The molecule has 0 atom stereocenters. The van der Waals surface area contributed by atoms with Gasteiger partial charge in [-0.25, -0.2) is 0 Å². The van der Waals surface area contributed by atoms with Crippen LogP contribution in [0.2, 0.25) is 0 Å². The van der Waals surface area contributed by atoms with Crippen LogP contribution in [0.25, 0.3) is 54.6 Å². The van der Waals surface area contributed by atoms with Gasteiger partial charge in [0.1, 0.15) is 0 Å². The van der Waals surface area contributed by atoms with Crippen molar-refractivity contribution < 1.29 is 0 Å². The molecule has 0 saturated carbocycles. The van der Waals surface area contributed by atoms with Gasteiger partial charge in [0, 0.05) is 0 Å². The van der Waals surface area contributed by atoms with E-state index in [1.54, 1.807) is 0 Å². The SMILES string of the molecule is CC(C)(C)c1ccc(-c2c3ccccc3c(-c3cccc4ccccc34)c3ccc(C(C)(C)C)cc23)cc1. The van der Waals surface area contributed by atoms with Gasteiger partial charge < -0.3 is 0 Å². The quantitative estimate of drug-likeness (QED) is 0.211. The summed E-state index contributed by atoms with van der Waals surface area (Å²) in [6, 6.07) is 40.8. The van der Waals surface area contributed by atoms with E-state index in [0.29, 0.717) is 0 Å². The molecule has 0 aliphatic carbocycles. The number of fused-ring (bicyclic) bond motifs is 3. The van der Waals surface area contributed by atoms with Crippen molar-refractivity contribution in [1.82, 2.24) is 0 Å². The van der Waals surface area contributed by atoms with Gasteiger partial charge >= 0.3 is 0 Å². The average Bonchev–Trinajstić information content (AvgIpc) is 2.90. The standard InChI is InChI=1S/C38H36/c1-37(2,3)27-20-18-26(19-21-27)35-31-15-9-10-16-32(31)36(30-17-11-13-25-12-7-8-14-29(25)30)33-23-22-28(24-34(33)35)38(4,5)6/h7-24H,1-6H3. The van der Waals surface area contributed by atoms with Crippen LogP contribution in [0.1, 0.15) is 52.7 Å². The molecule has 0 saturated heterocycles. The van der Waals surface area contributed by atoms with Gasteiger partial charge in [0.2, 0.25) is 0 Å². The molecule has 0 aliphatic heterocycles. The van der Waals surface area contributed by atoms with Crippen molar-refractivity contribution >= 4 is 32.3 Å². The summed E-state index contributed by atoms with van der Waals surface area (Å²) in [5, 5.41) is 7.80. The average molecular weight is 493 g/mol. The lowest BCUT2D eigenvalue weighted by atomic mass is 9.80. The lowest BCUT2D eigenvalue weighted by molar-refractivity contribution is 0.590. The van der Waals surface area contributed by atoms with Gasteiger partial charge in [0.15, 0.2) is 0 Å². The molecular formula is C38H36. The fraction of sp³-hybridized carbons (Fsp3) is 0.211. The summed E-state index contributed by atoms with van der Waals surface area (Å²) in [5.74, 6) is 0. The maximum Gasteiger partial charge on any atom is -0.00201 e. The van der Waals surface area contributed by atoms with Gasteiger partial charge in [-0.15, -0.1) is 0 Å². The van der Waals surface area contributed by atoms with Crippen molar-refractivity contribution in [1.29, 1.82) is 0 Å². The highest BCUT2D eigenvalue weighted by Crippen LogP contribution is 2.46. The smallest absolute Gasteiger partial charge is 0.00201 e. The Morgan fingerprint density at radius 1 is 0.395 bits per heavy atom. The monoisotopic (exact) mass is 492 g/mol. The predicted molar refractivity (Wildman–Crippen MR) is 167 cm³/mol. The first-order valence-corrected chi connectivity index (χ1v) is 13.7. The van der Waals surface area contributed by atoms with Crippen molar-refractivity contribution in [2.45, 2.75) is 52.4 Å². The number of hydrogen-bond acceptors (Lipinski definition) is 0. The van der Waals surface area contributed by atoms with E-state index in [-0.39, 0.29) is 10.8 Å². The molecule has 6 aromatic carbocycles. The Kier molecular flexibility index (Phi) is 5.69. The fourth-order valence-electron chi connectivity index (χ4n) is 5.83. The third-order valence-corrected chi connectivity index (χ3v) is 7.99. The highest BCUT2D eigenvalue weighted by Gasteiger charge is 2.21. The van der Waals surface area contributed by atoms with E-state index < -0.39 is 0 Å². The van der Waals surface area contributed by atoms with Crippen molar-refractivity contribution in [2.75, 3.05) is 0 Å². The summed E-state index contributed by atoms with van der Waals surface area (Å²) in [6.07, 6.45) is 0. The van der Waals surface area contributed by atoms with Crippen LogP contribution < -0.4 is 0 Å². The molecule has 0 heteroatoms. The summed E-state index contributed by atoms with van der Waals surface area (Å²) in [7, 11) is 0. The minimum atomic E-state index is 0.0623. The second kappa shape index (κ2) is 8.84. The van der Waals surface area contributed by atoms with E-state index in [4.69, 9.17) is 0 Å². The van der Waals surface area contributed by atoms with Crippen molar-refractivity contribution in [3.8, 4) is 22.3 Å². The maximum atomic E-state index is 2.45. The molecule has 0 radical (unpaired) electrons. The van der Waals surface area contributed by atoms with Crippen LogP contribution in [-0.4, -0.2) is 0 Å². The largest absolute Gasteiger partial charge is 0.0616 e. The molecule has 188 valence electrons. The minimum absolute atomic E-state index is 0.0623. The molecule has 0 amide bonds. The Labute approximate surface area is 227 Å². The van der Waals surface area contributed by atoms with E-state index in [0.717, 1.165) is 0 Å². The van der Waals surface area contributed by atoms with E-state index >= 15 is 0 Å². The molecule has 0 nitrogen and oxygen atoms in total. The molecule has 0 spiro atoms. The molecule has 0 aliphatic rings. The van der Waals surface area contributed by atoms with Crippen LogP contribution in [0.5, 0.6) is 0 Å². The van der Waals surface area contributed by atoms with Gasteiger partial charge in [-0.3, -0.25) is 0 Å². The van der Waals surface area contributed by atoms with E-state index in [1.807, 2.05) is 0 Å². The lowest BCUT2D eigenvalue weighted by Crippen LogP contribution is -2.11. The van der Waals surface area contributed by atoms with Crippen LogP contribution in [0.3, 0.4) is 0 Å². The van der Waals surface area contributed by atoms with Crippen molar-refractivity contribution in [3.63, 3.8) is 0 Å². The van der Waals surface area contributed by atoms with Crippen LogP contribution in [0, 0.1) is 0 Å². The Balaban J connectivity index is 1.78. The predicted octanol–water partition coefficient (Wildman–Crippen LogP) is 11.1. The van der Waals surface area contributed by atoms with Crippen LogP contribution >= 0.6 is 0 Å². The zero-order valence-electron chi connectivity index (χ0n) is 23.4. The lowest BCUT2D eigenvalue weighted by Gasteiger charge is -2.24. The van der Waals surface area contributed by atoms with Crippen LogP contribution in [-0.2, 0) is 10.8 Å². The van der Waals surface area contributed by atoms with E-state index in [2.05, 4.69) is 151 Å². The van der Waals surface area contributed by atoms with Gasteiger partial charge in [0.25, 0.3) is 0 Å². The second-order valence-corrected chi connectivity index (χ2v) is 12.7. The number of rotatable bonds is 2. The number of benzene rings is 6. The van der Waals surface area contributed by atoms with Gasteiger partial charge in [0.05, 0.1) is 0 Å². The third-order valence-electron chi connectivity index (χ3n) is 7.99. The van der Waals surface area contributed by atoms with E-state index in [1.165, 1.54) is 65.7 Å². The first-order chi connectivity index (χ1) is 18.1. The molecule has 0 bridgehead atoms. The molecule has 0 unspecified atom stereocenters. The molecule has 0 N–H and O–H groups in total. The Bertz CT molecular complexity index is 1800. The first-order valence-electron chi connectivity index (χ1n) is 13.7. The maximum absolute atomic E-state index is 2.45. The van der Waals surface area contributed by atoms with Gasteiger partial charge in [-0.2, -0.15) is 0 Å². The summed E-state index contributed by atoms with van der Waals surface area (Å²) in [5.41, 5.74) is 8.12. The zero-order valence-corrected chi connectivity index (χ0v) is 23.4. The highest BCUT2D eigenvalue weighted by molar-refractivity contribution is 6.23.